The zero-order chi connectivity index (χ0) is 15.8. The molecule has 1 N–H and O–H groups in total. The number of unbranched alkanes of at least 4 members (excludes halogenated alkanes) is 6. The SMILES string of the molecule is CC/C=C\CC/C=C/C(=O)CCCCCCCCC(=O)O. The third-order valence-electron chi connectivity index (χ3n) is 3.27. The summed E-state index contributed by atoms with van der Waals surface area (Å²) in [6, 6.07) is 0. The van der Waals surface area contributed by atoms with E-state index in [0.717, 1.165) is 57.8 Å². The fourth-order valence-electron chi connectivity index (χ4n) is 2.06. The van der Waals surface area contributed by atoms with Crippen LogP contribution < -0.4 is 0 Å². The summed E-state index contributed by atoms with van der Waals surface area (Å²) in [5.41, 5.74) is 0. The van der Waals surface area contributed by atoms with Crippen molar-refractivity contribution in [3.05, 3.63) is 24.3 Å². The fraction of sp³-hybridized carbons (Fsp3) is 0.667. The summed E-state index contributed by atoms with van der Waals surface area (Å²) < 4.78 is 0. The van der Waals surface area contributed by atoms with E-state index in [1.807, 2.05) is 6.08 Å². The first kappa shape index (κ1) is 19.6. The average molecular weight is 294 g/mol. The van der Waals surface area contributed by atoms with Crippen molar-refractivity contribution >= 4 is 11.8 Å². The first-order valence-corrected chi connectivity index (χ1v) is 8.23. The molecule has 0 aromatic rings. The van der Waals surface area contributed by atoms with Crippen molar-refractivity contribution in [3.63, 3.8) is 0 Å². The van der Waals surface area contributed by atoms with Gasteiger partial charge in [-0.25, -0.2) is 0 Å². The van der Waals surface area contributed by atoms with Crippen molar-refractivity contribution in [2.75, 3.05) is 0 Å². The molecule has 0 saturated heterocycles. The molecule has 0 fully saturated rings. The topological polar surface area (TPSA) is 54.4 Å². The van der Waals surface area contributed by atoms with Crippen molar-refractivity contribution < 1.29 is 14.7 Å². The van der Waals surface area contributed by atoms with Crippen LogP contribution in [0, 0.1) is 0 Å². The molecule has 3 heteroatoms. The molecule has 0 saturated carbocycles. The Balaban J connectivity index is 3.35. The summed E-state index contributed by atoms with van der Waals surface area (Å²) in [6.45, 7) is 2.11. The molecule has 0 rings (SSSR count). The lowest BCUT2D eigenvalue weighted by Gasteiger charge is -1.99. The van der Waals surface area contributed by atoms with Gasteiger partial charge in [0.25, 0.3) is 0 Å². The Morgan fingerprint density at radius 3 is 2.00 bits per heavy atom. The normalized spacial score (nSPS) is 11.5. The molecule has 0 aromatic heterocycles. The van der Waals surface area contributed by atoms with Crippen LogP contribution in [0.1, 0.15) is 77.6 Å². The predicted molar refractivity (Wildman–Crippen MR) is 87.4 cm³/mol. The second-order valence-electron chi connectivity index (χ2n) is 5.34. The summed E-state index contributed by atoms with van der Waals surface area (Å²) in [5.74, 6) is -0.488. The van der Waals surface area contributed by atoms with Crippen LogP contribution >= 0.6 is 0 Å². The molecule has 0 heterocycles. The van der Waals surface area contributed by atoms with Gasteiger partial charge in [0.1, 0.15) is 0 Å². The number of carboxylic acids is 1. The number of allylic oxidation sites excluding steroid dienone is 4. The number of ketones is 1. The van der Waals surface area contributed by atoms with Crippen LogP contribution in [-0.4, -0.2) is 16.9 Å². The number of carbonyl (C=O) groups excluding carboxylic acids is 1. The summed E-state index contributed by atoms with van der Waals surface area (Å²) in [7, 11) is 0. The Morgan fingerprint density at radius 1 is 0.810 bits per heavy atom. The van der Waals surface area contributed by atoms with E-state index in [1.54, 1.807) is 6.08 Å². The van der Waals surface area contributed by atoms with Gasteiger partial charge in [-0.3, -0.25) is 9.59 Å². The second kappa shape index (κ2) is 15.0. The van der Waals surface area contributed by atoms with Crippen LogP contribution in [0.2, 0.25) is 0 Å². The molecular weight excluding hydrogens is 264 g/mol. The monoisotopic (exact) mass is 294 g/mol. The van der Waals surface area contributed by atoms with Crippen LogP contribution in [-0.2, 0) is 9.59 Å². The highest BCUT2D eigenvalue weighted by Crippen LogP contribution is 2.09. The van der Waals surface area contributed by atoms with Crippen molar-refractivity contribution in [1.82, 2.24) is 0 Å². The molecule has 21 heavy (non-hydrogen) atoms. The maximum atomic E-state index is 11.6. The molecular formula is C18H30O3. The van der Waals surface area contributed by atoms with Gasteiger partial charge in [-0.1, -0.05) is 50.8 Å². The van der Waals surface area contributed by atoms with Crippen LogP contribution in [0.5, 0.6) is 0 Å². The minimum Gasteiger partial charge on any atom is -0.481 e. The second-order valence-corrected chi connectivity index (χ2v) is 5.34. The van der Waals surface area contributed by atoms with Crippen LogP contribution in [0.15, 0.2) is 24.3 Å². The third kappa shape index (κ3) is 16.6. The number of aliphatic carboxylic acids is 1. The Morgan fingerprint density at radius 2 is 1.38 bits per heavy atom. The molecule has 0 aliphatic carbocycles. The highest BCUT2D eigenvalue weighted by Gasteiger charge is 1.98. The van der Waals surface area contributed by atoms with Gasteiger partial charge in [-0.2, -0.15) is 0 Å². The smallest absolute Gasteiger partial charge is 0.303 e. The Hall–Kier alpha value is -1.38. The van der Waals surface area contributed by atoms with E-state index < -0.39 is 5.97 Å². The predicted octanol–water partition coefficient (Wildman–Crippen LogP) is 5.06. The van der Waals surface area contributed by atoms with Crippen molar-refractivity contribution in [1.29, 1.82) is 0 Å². The molecule has 3 nitrogen and oxygen atoms in total. The van der Waals surface area contributed by atoms with Crippen molar-refractivity contribution in [2.45, 2.75) is 77.6 Å². The number of hydrogen-bond acceptors (Lipinski definition) is 2. The minimum absolute atomic E-state index is 0.223. The first-order valence-electron chi connectivity index (χ1n) is 8.23. The van der Waals surface area contributed by atoms with Crippen molar-refractivity contribution in [3.8, 4) is 0 Å². The summed E-state index contributed by atoms with van der Waals surface area (Å²) in [6.07, 6.45) is 17.8. The van der Waals surface area contributed by atoms with Crippen LogP contribution in [0.4, 0.5) is 0 Å². The zero-order valence-electron chi connectivity index (χ0n) is 13.4. The lowest BCUT2D eigenvalue weighted by Crippen LogP contribution is -1.94. The standard InChI is InChI=1S/C18H30O3/c1-2-3-4-5-8-11-14-17(19)15-12-9-6-7-10-13-16-18(20)21/h3-4,11,14H,2,5-10,12-13,15-16H2,1H3,(H,20,21)/b4-3-,14-11+. The zero-order valence-corrected chi connectivity index (χ0v) is 13.4. The largest absolute Gasteiger partial charge is 0.481 e. The minimum atomic E-state index is -0.711. The number of hydrogen-bond donors (Lipinski definition) is 1. The van der Waals surface area contributed by atoms with E-state index in [4.69, 9.17) is 5.11 Å². The highest BCUT2D eigenvalue weighted by atomic mass is 16.4. The van der Waals surface area contributed by atoms with E-state index in [1.165, 1.54) is 0 Å². The average Bonchev–Trinajstić information content (AvgIpc) is 2.45. The number of carbonyl (C=O) groups is 2. The maximum absolute atomic E-state index is 11.6. The molecule has 0 radical (unpaired) electrons. The van der Waals surface area contributed by atoms with Gasteiger partial charge < -0.3 is 5.11 Å². The van der Waals surface area contributed by atoms with E-state index >= 15 is 0 Å². The molecule has 120 valence electrons. The third-order valence-corrected chi connectivity index (χ3v) is 3.27. The molecule has 0 spiro atoms. The molecule has 0 aromatic carbocycles. The molecule has 0 atom stereocenters. The first-order chi connectivity index (χ1) is 10.2. The van der Waals surface area contributed by atoms with Gasteiger partial charge >= 0.3 is 5.97 Å². The van der Waals surface area contributed by atoms with E-state index in [9.17, 15) is 9.59 Å². The number of rotatable bonds is 14. The molecule has 0 amide bonds. The van der Waals surface area contributed by atoms with Gasteiger partial charge in [0.2, 0.25) is 0 Å². The quantitative estimate of drug-likeness (QED) is 0.277. The highest BCUT2D eigenvalue weighted by molar-refractivity contribution is 5.89. The summed E-state index contributed by atoms with van der Waals surface area (Å²) in [4.78, 5) is 21.9. The van der Waals surface area contributed by atoms with Crippen LogP contribution in [0.25, 0.3) is 0 Å². The van der Waals surface area contributed by atoms with Gasteiger partial charge in [0.05, 0.1) is 0 Å². The van der Waals surface area contributed by atoms with Gasteiger partial charge in [0.15, 0.2) is 5.78 Å². The Bertz CT molecular complexity index is 329. The van der Waals surface area contributed by atoms with E-state index in [-0.39, 0.29) is 12.2 Å². The van der Waals surface area contributed by atoms with Gasteiger partial charge in [-0.05, 0) is 38.2 Å². The van der Waals surface area contributed by atoms with E-state index in [2.05, 4.69) is 19.1 Å². The fourth-order valence-corrected chi connectivity index (χ4v) is 2.06. The van der Waals surface area contributed by atoms with Crippen LogP contribution in [0.3, 0.4) is 0 Å². The Kier molecular flexibility index (Phi) is 14.0. The molecule has 0 aliphatic heterocycles. The summed E-state index contributed by atoms with van der Waals surface area (Å²) >= 11 is 0. The van der Waals surface area contributed by atoms with Gasteiger partial charge in [-0.15, -0.1) is 0 Å². The maximum Gasteiger partial charge on any atom is 0.303 e. The lowest BCUT2D eigenvalue weighted by atomic mass is 10.1. The summed E-state index contributed by atoms with van der Waals surface area (Å²) in [5, 5.41) is 8.50. The Labute approximate surface area is 129 Å². The lowest BCUT2D eigenvalue weighted by molar-refractivity contribution is -0.137. The van der Waals surface area contributed by atoms with Gasteiger partial charge in [0, 0.05) is 12.8 Å². The molecule has 0 aliphatic rings. The molecule has 0 bridgehead atoms. The number of carboxylic acid groups (broad SMARTS) is 1. The van der Waals surface area contributed by atoms with Crippen molar-refractivity contribution in [2.24, 2.45) is 0 Å². The van der Waals surface area contributed by atoms with E-state index in [0.29, 0.717) is 6.42 Å². The molecule has 0 unspecified atom stereocenters.